The van der Waals surface area contributed by atoms with Gasteiger partial charge in [-0.25, -0.2) is 0 Å². The van der Waals surface area contributed by atoms with E-state index in [1.54, 1.807) is 0 Å². The van der Waals surface area contributed by atoms with E-state index in [4.69, 9.17) is 15.7 Å². The molecule has 2 aliphatic rings. The molecule has 3 N–H and O–H groups in total. The molecule has 1 aliphatic carbocycles. The second-order valence-electron chi connectivity index (χ2n) is 5.90. The summed E-state index contributed by atoms with van der Waals surface area (Å²) in [7, 11) is 0. The molecule has 18 heavy (non-hydrogen) atoms. The molecule has 0 radical (unpaired) electrons. The molecule has 0 bridgehead atoms. The zero-order valence-electron chi connectivity index (χ0n) is 11.4. The highest BCUT2D eigenvalue weighted by Crippen LogP contribution is 2.49. The van der Waals surface area contributed by atoms with Crippen molar-refractivity contribution in [2.45, 2.75) is 51.7 Å². The van der Waals surface area contributed by atoms with E-state index in [0.717, 1.165) is 26.1 Å². The van der Waals surface area contributed by atoms with Gasteiger partial charge in [-0.05, 0) is 31.6 Å². The highest BCUT2D eigenvalue weighted by Gasteiger charge is 2.46. The molecule has 1 aliphatic heterocycles. The number of nitrogens with two attached hydrogens (primary N) is 1. The lowest BCUT2D eigenvalue weighted by molar-refractivity contribution is -0.0619. The summed E-state index contributed by atoms with van der Waals surface area (Å²) < 4.78 is 5.72. The van der Waals surface area contributed by atoms with E-state index in [0.29, 0.717) is 24.4 Å². The zero-order chi connectivity index (χ0) is 13.2. The minimum atomic E-state index is 0.251. The Morgan fingerprint density at radius 3 is 2.83 bits per heavy atom. The Morgan fingerprint density at radius 2 is 2.28 bits per heavy atom. The molecule has 104 valence electrons. The summed E-state index contributed by atoms with van der Waals surface area (Å²) in [5.74, 6) is 0.363. The first kappa shape index (κ1) is 13.6. The minimum Gasteiger partial charge on any atom is -0.409 e. The van der Waals surface area contributed by atoms with Crippen LogP contribution in [0.1, 0.15) is 39.5 Å². The first-order chi connectivity index (χ1) is 8.58. The molecule has 0 aromatic heterocycles. The van der Waals surface area contributed by atoms with Crippen LogP contribution in [0.3, 0.4) is 0 Å². The maximum Gasteiger partial charge on any atom is 0.139 e. The van der Waals surface area contributed by atoms with Gasteiger partial charge in [-0.3, -0.25) is 4.90 Å². The molecule has 2 unspecified atom stereocenters. The molecule has 2 fully saturated rings. The maximum absolute atomic E-state index is 8.70. The van der Waals surface area contributed by atoms with Crippen LogP contribution >= 0.6 is 0 Å². The first-order valence-electron chi connectivity index (χ1n) is 6.90. The Kier molecular flexibility index (Phi) is 4.12. The summed E-state index contributed by atoms with van der Waals surface area (Å²) in [6.07, 6.45) is 4.52. The number of hydrogen-bond donors (Lipinski definition) is 2. The molecule has 1 heterocycles. The standard InChI is InChI=1S/C13H25N3O2/c1-3-11-8-18-10(2)7-16(11)9-13(4-5-13)6-12(14)15-17/h10-11,17H,3-9H2,1-2H3,(H2,14,15). The summed E-state index contributed by atoms with van der Waals surface area (Å²) in [6.45, 7) is 7.21. The van der Waals surface area contributed by atoms with Crippen LogP contribution in [0.4, 0.5) is 0 Å². The van der Waals surface area contributed by atoms with E-state index in [1.807, 2.05) is 0 Å². The summed E-state index contributed by atoms with van der Waals surface area (Å²) in [5, 5.41) is 11.8. The van der Waals surface area contributed by atoms with Crippen molar-refractivity contribution in [3.05, 3.63) is 0 Å². The highest BCUT2D eigenvalue weighted by atomic mass is 16.5. The Morgan fingerprint density at radius 1 is 1.56 bits per heavy atom. The average Bonchev–Trinajstić information content (AvgIpc) is 3.09. The van der Waals surface area contributed by atoms with E-state index in [9.17, 15) is 0 Å². The van der Waals surface area contributed by atoms with Crippen LogP contribution in [-0.4, -0.2) is 47.8 Å². The number of nitrogens with zero attached hydrogens (tertiary/aromatic N) is 2. The van der Waals surface area contributed by atoms with Crippen molar-refractivity contribution in [2.75, 3.05) is 19.7 Å². The number of oxime groups is 1. The highest BCUT2D eigenvalue weighted by molar-refractivity contribution is 5.80. The van der Waals surface area contributed by atoms with Crippen LogP contribution in [0.25, 0.3) is 0 Å². The molecule has 0 aromatic carbocycles. The van der Waals surface area contributed by atoms with Crippen LogP contribution in [0.5, 0.6) is 0 Å². The third kappa shape index (κ3) is 3.14. The van der Waals surface area contributed by atoms with Crippen molar-refractivity contribution in [1.29, 1.82) is 0 Å². The van der Waals surface area contributed by atoms with Crippen molar-refractivity contribution < 1.29 is 9.94 Å². The van der Waals surface area contributed by atoms with Crippen molar-refractivity contribution >= 4 is 5.84 Å². The fourth-order valence-corrected chi connectivity index (χ4v) is 2.90. The van der Waals surface area contributed by atoms with E-state index >= 15 is 0 Å². The van der Waals surface area contributed by atoms with Gasteiger partial charge < -0.3 is 15.7 Å². The monoisotopic (exact) mass is 255 g/mol. The zero-order valence-corrected chi connectivity index (χ0v) is 11.4. The van der Waals surface area contributed by atoms with E-state index < -0.39 is 0 Å². The van der Waals surface area contributed by atoms with Gasteiger partial charge in [0.1, 0.15) is 5.84 Å². The van der Waals surface area contributed by atoms with Gasteiger partial charge in [0.05, 0.1) is 12.7 Å². The van der Waals surface area contributed by atoms with Gasteiger partial charge in [0.2, 0.25) is 0 Å². The molecule has 5 nitrogen and oxygen atoms in total. The first-order valence-corrected chi connectivity index (χ1v) is 6.90. The third-order valence-electron chi connectivity index (χ3n) is 4.23. The predicted octanol–water partition coefficient (Wildman–Crippen LogP) is 1.40. The SMILES string of the molecule is CCC1COC(C)CN1CC1(CC(N)=NO)CC1. The topological polar surface area (TPSA) is 71.1 Å². The normalized spacial score (nSPS) is 32.4. The Labute approximate surface area is 109 Å². The molecule has 1 saturated carbocycles. The quantitative estimate of drug-likeness (QED) is 0.337. The summed E-state index contributed by atoms with van der Waals surface area (Å²) >= 11 is 0. The average molecular weight is 255 g/mol. The number of hydrogen-bond acceptors (Lipinski definition) is 4. The number of ether oxygens (including phenoxy) is 1. The second kappa shape index (κ2) is 5.45. The molecule has 2 rings (SSSR count). The van der Waals surface area contributed by atoms with Gasteiger partial charge in [0.15, 0.2) is 0 Å². The van der Waals surface area contributed by atoms with Crippen molar-refractivity contribution in [3.8, 4) is 0 Å². The number of morpholine rings is 1. The molecule has 0 amide bonds. The van der Waals surface area contributed by atoms with Gasteiger partial charge in [-0.2, -0.15) is 0 Å². The maximum atomic E-state index is 8.70. The van der Waals surface area contributed by atoms with Gasteiger partial charge >= 0.3 is 0 Å². The lowest BCUT2D eigenvalue weighted by atomic mass is 9.98. The Bertz CT molecular complexity index is 315. The Balaban J connectivity index is 1.94. The fourth-order valence-electron chi connectivity index (χ4n) is 2.90. The van der Waals surface area contributed by atoms with Crippen LogP contribution in [0.15, 0.2) is 5.16 Å². The summed E-state index contributed by atoms with van der Waals surface area (Å²) in [6, 6.07) is 0.519. The van der Waals surface area contributed by atoms with Crippen molar-refractivity contribution in [1.82, 2.24) is 4.90 Å². The lowest BCUT2D eigenvalue weighted by Crippen LogP contribution is -2.50. The van der Waals surface area contributed by atoms with Crippen LogP contribution < -0.4 is 5.73 Å². The lowest BCUT2D eigenvalue weighted by Gasteiger charge is -2.40. The van der Waals surface area contributed by atoms with E-state index in [1.165, 1.54) is 12.8 Å². The molecule has 2 atom stereocenters. The summed E-state index contributed by atoms with van der Waals surface area (Å²) in [4.78, 5) is 2.53. The second-order valence-corrected chi connectivity index (χ2v) is 5.90. The molecular formula is C13H25N3O2. The number of rotatable bonds is 5. The molecule has 0 aromatic rings. The van der Waals surface area contributed by atoms with Crippen LogP contribution in [0.2, 0.25) is 0 Å². The van der Waals surface area contributed by atoms with E-state index in [2.05, 4.69) is 23.9 Å². The minimum absolute atomic E-state index is 0.251. The van der Waals surface area contributed by atoms with Gasteiger partial charge in [0.25, 0.3) is 0 Å². The van der Waals surface area contributed by atoms with Crippen molar-refractivity contribution in [3.63, 3.8) is 0 Å². The molecule has 0 spiro atoms. The predicted molar refractivity (Wildman–Crippen MR) is 70.8 cm³/mol. The summed E-state index contributed by atoms with van der Waals surface area (Å²) in [5.41, 5.74) is 5.91. The Hall–Kier alpha value is -0.810. The molecule has 5 heteroatoms. The van der Waals surface area contributed by atoms with Crippen LogP contribution in [-0.2, 0) is 4.74 Å². The molecular weight excluding hydrogens is 230 g/mol. The largest absolute Gasteiger partial charge is 0.409 e. The van der Waals surface area contributed by atoms with Crippen molar-refractivity contribution in [2.24, 2.45) is 16.3 Å². The van der Waals surface area contributed by atoms with Gasteiger partial charge in [-0.15, -0.1) is 0 Å². The van der Waals surface area contributed by atoms with Crippen LogP contribution in [0, 0.1) is 5.41 Å². The third-order valence-corrected chi connectivity index (χ3v) is 4.23. The smallest absolute Gasteiger partial charge is 0.139 e. The van der Waals surface area contributed by atoms with E-state index in [-0.39, 0.29) is 5.41 Å². The van der Waals surface area contributed by atoms with Gasteiger partial charge in [0, 0.05) is 25.6 Å². The number of amidine groups is 1. The van der Waals surface area contributed by atoms with Gasteiger partial charge in [-0.1, -0.05) is 12.1 Å². The fraction of sp³-hybridized carbons (Fsp3) is 0.923. The molecule has 1 saturated heterocycles.